The van der Waals surface area contributed by atoms with Crippen molar-refractivity contribution in [2.75, 3.05) is 13.6 Å². The van der Waals surface area contributed by atoms with Crippen LogP contribution in [0.3, 0.4) is 0 Å². The molecule has 0 saturated carbocycles. The van der Waals surface area contributed by atoms with E-state index in [-0.39, 0.29) is 6.61 Å². The zero-order chi connectivity index (χ0) is 13.6. The van der Waals surface area contributed by atoms with Gasteiger partial charge in [-0.1, -0.05) is 24.3 Å². The van der Waals surface area contributed by atoms with Crippen molar-refractivity contribution in [1.29, 1.82) is 0 Å². The Balaban J connectivity index is 2.44. The lowest BCUT2D eigenvalue weighted by atomic mass is 10.1. The second kappa shape index (κ2) is 6.75. The fraction of sp³-hybridized carbons (Fsp3) is 0.538. The van der Waals surface area contributed by atoms with Gasteiger partial charge in [-0.3, -0.25) is 0 Å². The molecule has 0 bridgehead atoms. The summed E-state index contributed by atoms with van der Waals surface area (Å²) in [6.45, 7) is 1.87. The van der Waals surface area contributed by atoms with Crippen LogP contribution in [-0.4, -0.2) is 25.9 Å². The molecule has 0 aliphatic heterocycles. The lowest BCUT2D eigenvalue weighted by Crippen LogP contribution is -2.28. The summed E-state index contributed by atoms with van der Waals surface area (Å²) in [5, 5.41) is 3.04. The Morgan fingerprint density at radius 2 is 1.72 bits per heavy atom. The number of nitrogens with one attached hydrogen (secondary N) is 1. The summed E-state index contributed by atoms with van der Waals surface area (Å²) in [5.74, 6) is 0. The summed E-state index contributed by atoms with van der Waals surface area (Å²) in [6.07, 6.45) is -5.13. The number of benzene rings is 1. The van der Waals surface area contributed by atoms with Crippen molar-refractivity contribution in [3.63, 3.8) is 0 Å². The first kappa shape index (κ1) is 15.0. The molecule has 102 valence electrons. The number of alkyl halides is 3. The number of halogens is 3. The molecule has 0 saturated heterocycles. The summed E-state index contributed by atoms with van der Waals surface area (Å²) >= 11 is 0. The third-order valence-corrected chi connectivity index (χ3v) is 2.65. The van der Waals surface area contributed by atoms with Crippen molar-refractivity contribution in [3.8, 4) is 0 Å². The molecule has 0 radical (unpaired) electrons. The highest BCUT2D eigenvalue weighted by atomic mass is 19.4. The smallest absolute Gasteiger partial charge is 0.364 e. The van der Waals surface area contributed by atoms with Gasteiger partial charge in [-0.25, -0.2) is 0 Å². The Bertz CT molecular complexity index is 348. The summed E-state index contributed by atoms with van der Waals surface area (Å²) < 4.78 is 41.4. The zero-order valence-electron chi connectivity index (χ0n) is 10.6. The molecule has 18 heavy (non-hydrogen) atoms. The maximum absolute atomic E-state index is 12.2. The average molecular weight is 261 g/mol. The van der Waals surface area contributed by atoms with Crippen LogP contribution in [0.5, 0.6) is 0 Å². The second-order valence-electron chi connectivity index (χ2n) is 4.16. The van der Waals surface area contributed by atoms with E-state index in [0.29, 0.717) is 0 Å². The molecule has 1 aromatic rings. The number of likely N-dealkylation sites (N-methyl/N-ethyl adjacent to an activating group) is 1. The van der Waals surface area contributed by atoms with E-state index >= 15 is 0 Å². The maximum Gasteiger partial charge on any atom is 0.414 e. The third-order valence-electron chi connectivity index (χ3n) is 2.65. The van der Waals surface area contributed by atoms with Crippen molar-refractivity contribution < 1.29 is 17.9 Å². The monoisotopic (exact) mass is 261 g/mol. The van der Waals surface area contributed by atoms with Crippen LogP contribution < -0.4 is 5.32 Å². The van der Waals surface area contributed by atoms with Crippen molar-refractivity contribution in [1.82, 2.24) is 5.32 Å². The Morgan fingerprint density at radius 1 is 1.17 bits per heavy atom. The number of hydrogen-bond acceptors (Lipinski definition) is 2. The molecule has 0 fully saturated rings. The van der Waals surface area contributed by atoms with Crippen LogP contribution in [-0.2, 0) is 17.8 Å². The Labute approximate surface area is 105 Å². The van der Waals surface area contributed by atoms with Crippen molar-refractivity contribution in [2.24, 2.45) is 0 Å². The van der Waals surface area contributed by atoms with Crippen LogP contribution in [0.4, 0.5) is 13.2 Å². The molecular formula is C13H18F3NO. The highest BCUT2D eigenvalue weighted by Crippen LogP contribution is 2.23. The van der Waals surface area contributed by atoms with Crippen LogP contribution in [0.1, 0.15) is 18.1 Å². The lowest BCUT2D eigenvalue weighted by Gasteiger charge is -2.16. The second-order valence-corrected chi connectivity index (χ2v) is 4.16. The number of rotatable bonds is 6. The van der Waals surface area contributed by atoms with E-state index in [1.165, 1.54) is 0 Å². The first-order valence-electron chi connectivity index (χ1n) is 5.84. The van der Waals surface area contributed by atoms with Gasteiger partial charge in [-0.2, -0.15) is 13.2 Å². The highest BCUT2D eigenvalue weighted by Gasteiger charge is 2.36. The third kappa shape index (κ3) is 5.06. The Hall–Kier alpha value is -1.07. The summed E-state index contributed by atoms with van der Waals surface area (Å²) in [4.78, 5) is 0. The molecule has 0 aliphatic carbocycles. The van der Waals surface area contributed by atoms with Crippen molar-refractivity contribution in [3.05, 3.63) is 35.4 Å². The van der Waals surface area contributed by atoms with Gasteiger partial charge in [0.2, 0.25) is 0 Å². The van der Waals surface area contributed by atoms with Gasteiger partial charge in [-0.05, 0) is 38.1 Å². The van der Waals surface area contributed by atoms with E-state index in [4.69, 9.17) is 4.74 Å². The van der Waals surface area contributed by atoms with E-state index in [0.717, 1.165) is 31.0 Å². The van der Waals surface area contributed by atoms with Gasteiger partial charge < -0.3 is 10.1 Å². The number of ether oxygens (including phenoxy) is 1. The molecule has 1 atom stereocenters. The van der Waals surface area contributed by atoms with Crippen molar-refractivity contribution >= 4 is 0 Å². The van der Waals surface area contributed by atoms with Crippen LogP contribution in [0.2, 0.25) is 0 Å². The highest BCUT2D eigenvalue weighted by molar-refractivity contribution is 5.22. The molecule has 1 aromatic carbocycles. The zero-order valence-corrected chi connectivity index (χ0v) is 10.6. The molecule has 0 aliphatic rings. The normalized spacial score (nSPS) is 13.6. The lowest BCUT2D eigenvalue weighted by molar-refractivity contribution is -0.217. The van der Waals surface area contributed by atoms with Crippen LogP contribution >= 0.6 is 0 Å². The first-order chi connectivity index (χ1) is 8.43. The molecular weight excluding hydrogens is 243 g/mol. The Morgan fingerprint density at radius 3 is 2.22 bits per heavy atom. The molecule has 5 heteroatoms. The Kier molecular flexibility index (Phi) is 5.62. The average Bonchev–Trinajstić information content (AvgIpc) is 2.33. The summed E-state index contributed by atoms with van der Waals surface area (Å²) in [7, 11) is 1.88. The summed E-state index contributed by atoms with van der Waals surface area (Å²) in [5.41, 5.74) is 1.90. The largest absolute Gasteiger partial charge is 0.414 e. The van der Waals surface area contributed by atoms with Crippen LogP contribution in [0, 0.1) is 0 Å². The minimum atomic E-state index is -4.30. The van der Waals surface area contributed by atoms with E-state index in [2.05, 4.69) is 5.32 Å². The van der Waals surface area contributed by atoms with Gasteiger partial charge in [0.05, 0.1) is 6.61 Å². The molecule has 1 unspecified atom stereocenters. The van der Waals surface area contributed by atoms with Gasteiger partial charge in [0.1, 0.15) is 0 Å². The molecule has 0 heterocycles. The van der Waals surface area contributed by atoms with Gasteiger partial charge in [0.25, 0.3) is 0 Å². The fourth-order valence-corrected chi connectivity index (χ4v) is 1.39. The molecule has 0 spiro atoms. The fourth-order valence-electron chi connectivity index (χ4n) is 1.39. The van der Waals surface area contributed by atoms with E-state index in [1.807, 2.05) is 19.2 Å². The SMILES string of the molecule is CNCCc1ccc(COC(C)C(F)(F)F)cc1. The predicted octanol–water partition coefficient (Wildman–Crippen LogP) is 2.92. The first-order valence-corrected chi connectivity index (χ1v) is 5.84. The van der Waals surface area contributed by atoms with E-state index < -0.39 is 12.3 Å². The van der Waals surface area contributed by atoms with Crippen LogP contribution in [0.15, 0.2) is 24.3 Å². The van der Waals surface area contributed by atoms with Crippen molar-refractivity contribution in [2.45, 2.75) is 32.2 Å². The van der Waals surface area contributed by atoms with Gasteiger partial charge in [0.15, 0.2) is 6.10 Å². The predicted molar refractivity (Wildman–Crippen MR) is 64.4 cm³/mol. The molecule has 1 N–H and O–H groups in total. The molecule has 1 rings (SSSR count). The molecule has 0 aromatic heterocycles. The van der Waals surface area contributed by atoms with Gasteiger partial charge >= 0.3 is 6.18 Å². The molecule has 2 nitrogen and oxygen atoms in total. The molecule has 0 amide bonds. The van der Waals surface area contributed by atoms with E-state index in [1.54, 1.807) is 12.1 Å². The van der Waals surface area contributed by atoms with E-state index in [9.17, 15) is 13.2 Å². The quantitative estimate of drug-likeness (QED) is 0.850. The standard InChI is InChI=1S/C13H18F3NO/c1-10(13(14,15)16)18-9-12-5-3-11(4-6-12)7-8-17-2/h3-6,10,17H,7-9H2,1-2H3. The van der Waals surface area contributed by atoms with Crippen LogP contribution in [0.25, 0.3) is 0 Å². The van der Waals surface area contributed by atoms with Gasteiger partial charge in [-0.15, -0.1) is 0 Å². The topological polar surface area (TPSA) is 21.3 Å². The minimum absolute atomic E-state index is 0.0208. The summed E-state index contributed by atoms with van der Waals surface area (Å²) in [6, 6.07) is 7.42. The maximum atomic E-state index is 12.2. The number of hydrogen-bond donors (Lipinski definition) is 1. The van der Waals surface area contributed by atoms with Gasteiger partial charge in [0, 0.05) is 0 Å². The minimum Gasteiger partial charge on any atom is -0.364 e.